The number of anilines is 1. The molecule has 2 aromatic rings. The highest BCUT2D eigenvalue weighted by molar-refractivity contribution is 5.73. The number of aromatic nitrogens is 3. The van der Waals surface area contributed by atoms with Gasteiger partial charge in [-0.15, -0.1) is 0 Å². The molecule has 0 unspecified atom stereocenters. The van der Waals surface area contributed by atoms with Crippen molar-refractivity contribution in [2.45, 2.75) is 26.2 Å². The topological polar surface area (TPSA) is 44.8 Å². The zero-order chi connectivity index (χ0) is 11.5. The Morgan fingerprint density at radius 3 is 2.75 bits per heavy atom. The number of unbranched alkanes of at least 4 members (excludes halogenated alkanes) is 1. The molecule has 16 heavy (non-hydrogen) atoms. The van der Waals surface area contributed by atoms with Crippen LogP contribution < -0.4 is 4.90 Å². The third-order valence-corrected chi connectivity index (χ3v) is 2.61. The third-order valence-electron chi connectivity index (χ3n) is 2.61. The molecule has 0 radical (unpaired) electrons. The number of nitrogens with one attached hydrogen (secondary N) is 1. The molecule has 2 rings (SSSR count). The number of rotatable bonds is 4. The van der Waals surface area contributed by atoms with Gasteiger partial charge in [0.15, 0.2) is 5.65 Å². The molecule has 1 N–H and O–H groups in total. The first kappa shape index (κ1) is 10.9. The van der Waals surface area contributed by atoms with Crippen LogP contribution in [0, 0.1) is 0 Å². The van der Waals surface area contributed by atoms with E-state index in [4.69, 9.17) is 0 Å². The molecule has 0 amide bonds. The van der Waals surface area contributed by atoms with Crippen LogP contribution in [0.15, 0.2) is 12.1 Å². The maximum atomic E-state index is 4.50. The minimum absolute atomic E-state index is 0.817. The Morgan fingerprint density at radius 2 is 2.06 bits per heavy atom. The molecule has 0 bridgehead atoms. The Labute approximate surface area is 95.7 Å². The summed E-state index contributed by atoms with van der Waals surface area (Å²) in [5.41, 5.74) is 1.84. The van der Waals surface area contributed by atoms with Crippen molar-refractivity contribution in [3.8, 4) is 0 Å². The summed E-state index contributed by atoms with van der Waals surface area (Å²) in [5.74, 6) is 1.99. The van der Waals surface area contributed by atoms with Gasteiger partial charge in [-0.25, -0.2) is 9.97 Å². The van der Waals surface area contributed by atoms with E-state index in [1.807, 2.05) is 31.1 Å². The van der Waals surface area contributed by atoms with E-state index in [1.54, 1.807) is 0 Å². The smallest absolute Gasteiger partial charge is 0.179 e. The third kappa shape index (κ3) is 2.15. The Kier molecular flexibility index (Phi) is 3.08. The van der Waals surface area contributed by atoms with E-state index >= 15 is 0 Å². The molecule has 0 aromatic carbocycles. The standard InChI is InChI=1S/C12H18N4/c1-4-5-6-10-13-9-7-8-11(16(2)3)15-12(9)14-10/h7-8H,4-6H2,1-3H3,(H,13,14,15). The van der Waals surface area contributed by atoms with Crippen molar-refractivity contribution in [1.82, 2.24) is 15.0 Å². The summed E-state index contributed by atoms with van der Waals surface area (Å²) in [6.07, 6.45) is 3.36. The van der Waals surface area contributed by atoms with Gasteiger partial charge in [-0.1, -0.05) is 13.3 Å². The summed E-state index contributed by atoms with van der Waals surface area (Å²) in [6.45, 7) is 2.19. The SMILES string of the molecule is CCCCc1nc2nc(N(C)C)ccc2[nH]1. The van der Waals surface area contributed by atoms with E-state index in [2.05, 4.69) is 21.9 Å². The van der Waals surface area contributed by atoms with Gasteiger partial charge in [0.1, 0.15) is 11.6 Å². The monoisotopic (exact) mass is 218 g/mol. The number of aromatic amines is 1. The first-order valence-electron chi connectivity index (χ1n) is 5.73. The number of imidazole rings is 1. The van der Waals surface area contributed by atoms with Gasteiger partial charge in [0.05, 0.1) is 5.52 Å². The summed E-state index contributed by atoms with van der Waals surface area (Å²) < 4.78 is 0. The van der Waals surface area contributed by atoms with Crippen molar-refractivity contribution in [1.29, 1.82) is 0 Å². The molecular formula is C12H18N4. The highest BCUT2D eigenvalue weighted by atomic mass is 15.1. The normalized spacial score (nSPS) is 10.9. The number of aryl methyl sites for hydroxylation is 1. The van der Waals surface area contributed by atoms with Crippen LogP contribution in [-0.2, 0) is 6.42 Å². The van der Waals surface area contributed by atoms with Crippen molar-refractivity contribution in [2.75, 3.05) is 19.0 Å². The first-order valence-corrected chi connectivity index (χ1v) is 5.73. The maximum Gasteiger partial charge on any atom is 0.179 e. The van der Waals surface area contributed by atoms with Crippen LogP contribution in [0.3, 0.4) is 0 Å². The fraction of sp³-hybridized carbons (Fsp3) is 0.500. The average Bonchev–Trinajstić information content (AvgIpc) is 2.67. The van der Waals surface area contributed by atoms with Gasteiger partial charge in [0.25, 0.3) is 0 Å². The molecule has 86 valence electrons. The number of hydrogen-bond acceptors (Lipinski definition) is 3. The maximum absolute atomic E-state index is 4.50. The molecule has 2 aromatic heterocycles. The zero-order valence-electron chi connectivity index (χ0n) is 10.1. The molecule has 0 aliphatic carbocycles. The minimum atomic E-state index is 0.817. The Morgan fingerprint density at radius 1 is 1.25 bits per heavy atom. The fourth-order valence-corrected chi connectivity index (χ4v) is 1.64. The van der Waals surface area contributed by atoms with E-state index in [9.17, 15) is 0 Å². The lowest BCUT2D eigenvalue weighted by Gasteiger charge is -2.09. The van der Waals surface area contributed by atoms with E-state index in [-0.39, 0.29) is 0 Å². The number of nitrogens with zero attached hydrogens (tertiary/aromatic N) is 3. The molecule has 4 heteroatoms. The van der Waals surface area contributed by atoms with Crippen LogP contribution in [0.2, 0.25) is 0 Å². The van der Waals surface area contributed by atoms with Crippen LogP contribution in [0.25, 0.3) is 11.2 Å². The second kappa shape index (κ2) is 4.51. The summed E-state index contributed by atoms with van der Waals surface area (Å²) in [6, 6.07) is 4.05. The highest BCUT2D eigenvalue weighted by Gasteiger charge is 2.05. The molecule has 0 spiro atoms. The molecule has 0 aliphatic rings. The van der Waals surface area contributed by atoms with Crippen molar-refractivity contribution in [2.24, 2.45) is 0 Å². The van der Waals surface area contributed by atoms with Crippen LogP contribution in [0.4, 0.5) is 5.82 Å². The summed E-state index contributed by atoms with van der Waals surface area (Å²) in [5, 5.41) is 0. The van der Waals surface area contributed by atoms with Gasteiger partial charge in [0.2, 0.25) is 0 Å². The predicted octanol–water partition coefficient (Wildman–Crippen LogP) is 2.37. The molecule has 0 saturated heterocycles. The predicted molar refractivity (Wildman–Crippen MR) is 66.8 cm³/mol. The van der Waals surface area contributed by atoms with Crippen molar-refractivity contribution in [3.63, 3.8) is 0 Å². The van der Waals surface area contributed by atoms with Crippen LogP contribution >= 0.6 is 0 Å². The van der Waals surface area contributed by atoms with E-state index in [0.29, 0.717) is 0 Å². The van der Waals surface area contributed by atoms with Crippen molar-refractivity contribution in [3.05, 3.63) is 18.0 Å². The number of fused-ring (bicyclic) bond motifs is 1. The van der Waals surface area contributed by atoms with Gasteiger partial charge >= 0.3 is 0 Å². The lowest BCUT2D eigenvalue weighted by atomic mass is 10.2. The molecule has 0 aliphatic heterocycles. The summed E-state index contributed by atoms with van der Waals surface area (Å²) in [7, 11) is 3.97. The lowest BCUT2D eigenvalue weighted by Crippen LogP contribution is -2.10. The first-order chi connectivity index (χ1) is 7.70. The second-order valence-electron chi connectivity index (χ2n) is 4.22. The van der Waals surface area contributed by atoms with Crippen molar-refractivity contribution >= 4 is 17.0 Å². The molecule has 0 saturated carbocycles. The Bertz CT molecular complexity index is 473. The summed E-state index contributed by atoms with van der Waals surface area (Å²) in [4.78, 5) is 14.3. The van der Waals surface area contributed by atoms with E-state index < -0.39 is 0 Å². The van der Waals surface area contributed by atoms with Crippen LogP contribution in [-0.4, -0.2) is 29.0 Å². The van der Waals surface area contributed by atoms with Crippen molar-refractivity contribution < 1.29 is 0 Å². The molecule has 2 heterocycles. The summed E-state index contributed by atoms with van der Waals surface area (Å²) >= 11 is 0. The van der Waals surface area contributed by atoms with Crippen LogP contribution in [0.5, 0.6) is 0 Å². The fourth-order valence-electron chi connectivity index (χ4n) is 1.64. The van der Waals surface area contributed by atoms with E-state index in [1.165, 1.54) is 12.8 Å². The number of hydrogen-bond donors (Lipinski definition) is 1. The molecule has 0 fully saturated rings. The number of pyridine rings is 1. The highest BCUT2D eigenvalue weighted by Crippen LogP contribution is 2.15. The second-order valence-corrected chi connectivity index (χ2v) is 4.22. The quantitative estimate of drug-likeness (QED) is 0.856. The van der Waals surface area contributed by atoms with E-state index in [0.717, 1.165) is 29.2 Å². The van der Waals surface area contributed by atoms with Gasteiger partial charge in [-0.2, -0.15) is 0 Å². The lowest BCUT2D eigenvalue weighted by molar-refractivity contribution is 0.764. The molecule has 0 atom stereocenters. The van der Waals surface area contributed by atoms with Gasteiger partial charge < -0.3 is 9.88 Å². The minimum Gasteiger partial charge on any atom is -0.363 e. The Hall–Kier alpha value is -1.58. The molecular weight excluding hydrogens is 200 g/mol. The van der Waals surface area contributed by atoms with Gasteiger partial charge in [-0.05, 0) is 18.6 Å². The number of H-pyrrole nitrogens is 1. The van der Waals surface area contributed by atoms with Gasteiger partial charge in [0, 0.05) is 20.5 Å². The largest absolute Gasteiger partial charge is 0.363 e. The average molecular weight is 218 g/mol. The van der Waals surface area contributed by atoms with Crippen LogP contribution in [0.1, 0.15) is 25.6 Å². The van der Waals surface area contributed by atoms with Gasteiger partial charge in [-0.3, -0.25) is 0 Å². The molecule has 4 nitrogen and oxygen atoms in total. The zero-order valence-corrected chi connectivity index (χ0v) is 10.1. The Balaban J connectivity index is 2.30.